The van der Waals surface area contributed by atoms with Crippen molar-refractivity contribution in [3.8, 4) is 23.0 Å². The minimum atomic E-state index is -3.92. The second-order valence-corrected chi connectivity index (χ2v) is 21.0. The van der Waals surface area contributed by atoms with E-state index in [1.54, 1.807) is 33.9 Å². The van der Waals surface area contributed by atoms with Crippen molar-refractivity contribution in [3.05, 3.63) is 41.8 Å². The van der Waals surface area contributed by atoms with Gasteiger partial charge in [-0.2, -0.15) is 11.8 Å². The van der Waals surface area contributed by atoms with Gasteiger partial charge in [0.25, 0.3) is 5.91 Å². The maximum absolute atomic E-state index is 14.7. The number of thioether (sulfide) groups is 1. The van der Waals surface area contributed by atoms with Gasteiger partial charge >= 0.3 is 6.09 Å². The minimum absolute atomic E-state index is 0.00512. The summed E-state index contributed by atoms with van der Waals surface area (Å²) < 4.78 is 45.8. The first-order valence-electron chi connectivity index (χ1n) is 20.2. The number of ether oxygens (including phenoxy) is 3. The highest BCUT2D eigenvalue weighted by molar-refractivity contribution is 7.99. The van der Waals surface area contributed by atoms with E-state index in [0.29, 0.717) is 47.5 Å². The van der Waals surface area contributed by atoms with E-state index in [0.717, 1.165) is 16.9 Å². The predicted molar refractivity (Wildman–Crippen MR) is 231 cm³/mol. The molecule has 4 heterocycles. The van der Waals surface area contributed by atoms with Crippen molar-refractivity contribution < 1.29 is 41.8 Å². The molecule has 324 valence electrons. The number of anilines is 1. The number of carbonyl (C=O) groups excluding carboxylic acids is 4. The number of hydrogen-bond donors (Lipinski definition) is 4. The number of sulfonamides is 1. The lowest BCUT2D eigenvalue weighted by atomic mass is 10.1. The molecule has 2 aliphatic carbocycles. The molecule has 2 saturated carbocycles. The van der Waals surface area contributed by atoms with Gasteiger partial charge in [0.2, 0.25) is 27.7 Å². The number of amides is 4. The van der Waals surface area contributed by atoms with E-state index in [9.17, 15) is 27.6 Å². The Morgan fingerprint density at radius 3 is 2.60 bits per heavy atom. The predicted octanol–water partition coefficient (Wildman–Crippen LogP) is 5.00. The molecule has 1 saturated heterocycles. The van der Waals surface area contributed by atoms with Crippen LogP contribution in [-0.2, 0) is 29.1 Å². The Hall–Kier alpha value is -4.62. The summed E-state index contributed by atoms with van der Waals surface area (Å²) in [6, 6.07) is 5.33. The fourth-order valence-electron chi connectivity index (χ4n) is 7.35. The van der Waals surface area contributed by atoms with Crippen LogP contribution < -0.4 is 30.1 Å². The number of nitrogens with one attached hydrogen (secondary N) is 4. The lowest BCUT2D eigenvalue weighted by Gasteiger charge is -2.30. The molecule has 5 atom stereocenters. The monoisotopic (exact) mass is 883 g/mol. The van der Waals surface area contributed by atoms with Gasteiger partial charge in [-0.25, -0.2) is 23.2 Å². The van der Waals surface area contributed by atoms with Crippen LogP contribution in [0.25, 0.3) is 22.2 Å². The number of alkyl carbamates (subject to hydrolysis) is 1. The largest absolute Gasteiger partial charge is 0.497 e. The topological polar surface area (TPSA) is 207 Å². The molecular weight excluding hydrogens is 831 g/mol. The average molecular weight is 884 g/mol. The van der Waals surface area contributed by atoms with E-state index in [4.69, 9.17) is 24.2 Å². The summed E-state index contributed by atoms with van der Waals surface area (Å²) in [5.74, 6) is -0.677. The smallest absolute Gasteiger partial charge is 0.408 e. The Labute approximate surface area is 358 Å². The molecule has 2 aliphatic heterocycles. The number of thiazole rings is 1. The number of benzene rings is 1. The zero-order valence-electron chi connectivity index (χ0n) is 34.6. The molecule has 0 spiro atoms. The van der Waals surface area contributed by atoms with Crippen molar-refractivity contribution in [2.75, 3.05) is 30.5 Å². The zero-order chi connectivity index (χ0) is 43.0. The molecule has 60 heavy (non-hydrogen) atoms. The molecular formula is C41H53N7O9S3. The summed E-state index contributed by atoms with van der Waals surface area (Å²) in [4.78, 5) is 67.2. The second-order valence-electron chi connectivity index (χ2n) is 17.0. The highest BCUT2D eigenvalue weighted by Crippen LogP contribution is 2.46. The maximum Gasteiger partial charge on any atom is 0.408 e. The number of carbonyl (C=O) groups is 4. The van der Waals surface area contributed by atoms with Gasteiger partial charge < -0.3 is 35.1 Å². The van der Waals surface area contributed by atoms with Crippen LogP contribution in [0.4, 0.5) is 9.93 Å². The van der Waals surface area contributed by atoms with Gasteiger partial charge in [-0.05, 0) is 102 Å². The summed E-state index contributed by atoms with van der Waals surface area (Å²) in [7, 11) is -2.34. The van der Waals surface area contributed by atoms with E-state index in [1.165, 1.54) is 28.0 Å². The molecule has 0 bridgehead atoms. The van der Waals surface area contributed by atoms with Gasteiger partial charge in [0.05, 0.1) is 24.6 Å². The first-order valence-corrected chi connectivity index (χ1v) is 23.8. The van der Waals surface area contributed by atoms with Crippen molar-refractivity contribution in [1.29, 1.82) is 0 Å². The van der Waals surface area contributed by atoms with Crippen LogP contribution in [0.2, 0.25) is 0 Å². The standard InChI is InChI=1S/C41H53N7O9S3/c1-23(2)42-38-44-31(22-59-38)30-17-24-16-26(55-6)11-14-29(24)35(43-30)56-27-18-33-34(49)46-41(37(51)47-60(53,54)28-12-13-28)19-25(41)10-8-7-9-15-58-21-32(36(50)48(33)20-27)45-39(52)57-40(3,4)5/h8,10-11,14,16-17,22-23,25,27-28,32-33H,7,9,12-13,15,18-21H2,1-6H3,(H,42,44)(H,45,52)(H,46,49)(H,47,51)/b10-8-/t25-,27?,32+,33+,41-/m1/s1. The fourth-order valence-corrected chi connectivity index (χ4v) is 10.6. The fraction of sp³-hybridized carbons (Fsp3) is 0.561. The van der Waals surface area contributed by atoms with E-state index >= 15 is 0 Å². The summed E-state index contributed by atoms with van der Waals surface area (Å²) in [5, 5.41) is 12.4. The lowest BCUT2D eigenvalue weighted by molar-refractivity contribution is -0.140. The van der Waals surface area contributed by atoms with Gasteiger partial charge in [-0.3, -0.25) is 19.1 Å². The van der Waals surface area contributed by atoms with E-state index < -0.39 is 74.3 Å². The molecule has 16 nitrogen and oxygen atoms in total. The van der Waals surface area contributed by atoms with Crippen LogP contribution in [0.3, 0.4) is 0 Å². The van der Waals surface area contributed by atoms with Gasteiger partial charge in [0, 0.05) is 34.9 Å². The number of fused-ring (bicyclic) bond motifs is 3. The van der Waals surface area contributed by atoms with Crippen molar-refractivity contribution in [3.63, 3.8) is 0 Å². The maximum atomic E-state index is 14.7. The Bertz CT molecular complexity index is 2270. The SMILES string of the molecule is COc1ccc2c(OC3C[C@H]4C(=O)N[C@]5(C(=O)NS(=O)(=O)C6CC6)C[C@H]5/C=C\CCCSC[C@H](NC(=O)OC(C)(C)C)C(=O)N4C3)nc(-c3csc(NC(C)C)n3)cc2c1. The van der Waals surface area contributed by atoms with Gasteiger partial charge in [-0.15, -0.1) is 11.3 Å². The number of allylic oxidation sites excluding steroid dienone is 1. The number of nitrogens with zero attached hydrogens (tertiary/aromatic N) is 3. The first-order chi connectivity index (χ1) is 28.4. The third kappa shape index (κ3) is 10.1. The number of aromatic nitrogens is 2. The van der Waals surface area contributed by atoms with Crippen molar-refractivity contribution in [2.24, 2.45) is 5.92 Å². The zero-order valence-corrected chi connectivity index (χ0v) is 37.1. The summed E-state index contributed by atoms with van der Waals surface area (Å²) >= 11 is 2.94. The summed E-state index contributed by atoms with van der Waals surface area (Å²) in [5.41, 5.74) is -1.20. The number of pyridine rings is 1. The van der Waals surface area contributed by atoms with Gasteiger partial charge in [0.1, 0.15) is 40.8 Å². The Kier molecular flexibility index (Phi) is 12.6. The Morgan fingerprint density at radius 1 is 1.10 bits per heavy atom. The van der Waals surface area contributed by atoms with Crippen LogP contribution in [0.1, 0.15) is 73.1 Å². The highest BCUT2D eigenvalue weighted by atomic mass is 32.2. The molecule has 4 aliphatic rings. The molecule has 1 aromatic carbocycles. The molecule has 0 radical (unpaired) electrons. The van der Waals surface area contributed by atoms with Crippen molar-refractivity contribution >= 4 is 72.8 Å². The van der Waals surface area contributed by atoms with E-state index in [-0.39, 0.29) is 37.1 Å². The Morgan fingerprint density at radius 2 is 1.88 bits per heavy atom. The molecule has 2 aromatic heterocycles. The molecule has 1 unspecified atom stereocenters. The van der Waals surface area contributed by atoms with Gasteiger partial charge in [-0.1, -0.05) is 12.2 Å². The highest BCUT2D eigenvalue weighted by Gasteiger charge is 2.62. The van der Waals surface area contributed by atoms with Gasteiger partial charge in [0.15, 0.2) is 5.13 Å². The molecule has 7 rings (SSSR count). The third-order valence-corrected chi connectivity index (χ3v) is 14.3. The first kappa shape index (κ1) is 43.5. The van der Waals surface area contributed by atoms with E-state index in [1.807, 2.05) is 49.6 Å². The normalized spacial score (nSPS) is 25.6. The molecule has 4 amide bonds. The van der Waals surface area contributed by atoms with Crippen LogP contribution in [0.5, 0.6) is 11.6 Å². The summed E-state index contributed by atoms with van der Waals surface area (Å²) in [6.45, 7) is 9.16. The van der Waals surface area contributed by atoms with E-state index in [2.05, 4.69) is 20.7 Å². The second kappa shape index (κ2) is 17.4. The molecule has 4 N–H and O–H groups in total. The number of hydrogen-bond acceptors (Lipinski definition) is 14. The van der Waals surface area contributed by atoms with Crippen LogP contribution in [-0.4, -0.2) is 113 Å². The molecule has 3 fully saturated rings. The average Bonchev–Trinajstić information content (AvgIpc) is 4.06. The van der Waals surface area contributed by atoms with Crippen molar-refractivity contribution in [1.82, 2.24) is 30.2 Å². The quantitative estimate of drug-likeness (QED) is 0.198. The minimum Gasteiger partial charge on any atom is -0.497 e. The number of methoxy groups -OCH3 is 1. The Balaban J connectivity index is 1.23. The molecule has 3 aromatic rings. The summed E-state index contributed by atoms with van der Waals surface area (Å²) in [6.07, 6.45) is 4.77. The molecule has 19 heteroatoms. The third-order valence-electron chi connectivity index (χ3n) is 10.6. The number of rotatable bonds is 10. The van der Waals surface area contributed by atoms with Crippen molar-refractivity contribution in [2.45, 2.75) is 114 Å². The lowest BCUT2D eigenvalue weighted by Crippen LogP contribution is -2.58. The van der Waals surface area contributed by atoms with Crippen LogP contribution >= 0.6 is 23.1 Å². The van der Waals surface area contributed by atoms with Crippen LogP contribution in [0, 0.1) is 5.92 Å². The van der Waals surface area contributed by atoms with Crippen LogP contribution in [0.15, 0.2) is 41.8 Å².